The van der Waals surface area contributed by atoms with Crippen molar-refractivity contribution >= 4 is 41.3 Å². The number of aliphatic imine (C=N–C) groups is 1. The number of ether oxygens (including phenoxy) is 1. The molecule has 1 fully saturated rings. The average Bonchev–Trinajstić information content (AvgIpc) is 3.20. The van der Waals surface area contributed by atoms with E-state index < -0.39 is 0 Å². The quantitative estimate of drug-likeness (QED) is 0.309. The van der Waals surface area contributed by atoms with Gasteiger partial charge in [0.05, 0.1) is 26.3 Å². The van der Waals surface area contributed by atoms with Gasteiger partial charge < -0.3 is 15.4 Å². The first-order valence-corrected chi connectivity index (χ1v) is 11.1. The van der Waals surface area contributed by atoms with Crippen molar-refractivity contribution in [1.29, 1.82) is 0 Å². The van der Waals surface area contributed by atoms with Crippen LogP contribution in [0, 0.1) is 0 Å². The molecule has 2 aromatic rings. The van der Waals surface area contributed by atoms with Gasteiger partial charge in [0.2, 0.25) is 0 Å². The molecule has 0 bridgehead atoms. The Bertz CT molecular complexity index is 742. The number of morpholine rings is 1. The van der Waals surface area contributed by atoms with Crippen molar-refractivity contribution < 1.29 is 4.74 Å². The maximum absolute atomic E-state index is 5.42. The number of nitrogens with one attached hydrogen (secondary N) is 2. The van der Waals surface area contributed by atoms with Gasteiger partial charge in [-0.25, -0.2) is 4.99 Å². The van der Waals surface area contributed by atoms with Crippen molar-refractivity contribution in [2.45, 2.75) is 39.9 Å². The van der Waals surface area contributed by atoms with Gasteiger partial charge in [-0.3, -0.25) is 4.90 Å². The van der Waals surface area contributed by atoms with Crippen LogP contribution < -0.4 is 10.6 Å². The summed E-state index contributed by atoms with van der Waals surface area (Å²) >= 11 is 1.87. The molecule has 160 valence electrons. The van der Waals surface area contributed by atoms with Crippen LogP contribution in [-0.2, 0) is 30.8 Å². The fraction of sp³-hybridized carbons (Fsp3) is 0.500. The molecule has 0 aliphatic carbocycles. The fourth-order valence-corrected chi connectivity index (χ4v) is 4.06. The van der Waals surface area contributed by atoms with Crippen LogP contribution in [0.2, 0.25) is 0 Å². The molecule has 1 aromatic heterocycles. The first kappa shape index (κ1) is 24.1. The lowest BCUT2D eigenvalue weighted by molar-refractivity contribution is 0.0342. The second kappa shape index (κ2) is 13.2. The van der Waals surface area contributed by atoms with Crippen LogP contribution in [0.3, 0.4) is 0 Å². The molecule has 1 saturated heterocycles. The number of hydrogen-bond acceptors (Lipinski definition) is 4. The highest BCUT2D eigenvalue weighted by Gasteiger charge is 2.10. The van der Waals surface area contributed by atoms with Crippen molar-refractivity contribution in [2.75, 3.05) is 32.8 Å². The first-order valence-electron chi connectivity index (χ1n) is 10.2. The molecule has 0 amide bonds. The molecule has 2 N–H and O–H groups in total. The Kier molecular flexibility index (Phi) is 11.0. The summed E-state index contributed by atoms with van der Waals surface area (Å²) in [4.78, 5) is 9.96. The van der Waals surface area contributed by atoms with E-state index in [4.69, 9.17) is 9.73 Å². The molecule has 5 nitrogen and oxygen atoms in total. The Hall–Kier alpha value is -1.16. The zero-order chi connectivity index (χ0) is 19.6. The van der Waals surface area contributed by atoms with E-state index in [1.165, 1.54) is 20.9 Å². The van der Waals surface area contributed by atoms with Gasteiger partial charge in [-0.1, -0.05) is 31.2 Å². The third-order valence-electron chi connectivity index (χ3n) is 4.79. The number of halogens is 1. The zero-order valence-electron chi connectivity index (χ0n) is 17.4. The number of benzene rings is 1. The Balaban J connectivity index is 0.00000300. The molecule has 0 spiro atoms. The van der Waals surface area contributed by atoms with Gasteiger partial charge in [0, 0.05) is 35.9 Å². The Labute approximate surface area is 196 Å². The lowest BCUT2D eigenvalue weighted by Gasteiger charge is -2.26. The molecule has 0 unspecified atom stereocenters. The van der Waals surface area contributed by atoms with Crippen LogP contribution in [0.1, 0.15) is 34.7 Å². The molecular weight excluding hydrogens is 495 g/mol. The van der Waals surface area contributed by atoms with Gasteiger partial charge in [-0.2, -0.15) is 0 Å². The maximum Gasteiger partial charge on any atom is 0.191 e. The van der Waals surface area contributed by atoms with Crippen molar-refractivity contribution in [3.8, 4) is 0 Å². The van der Waals surface area contributed by atoms with E-state index in [2.05, 4.69) is 65.8 Å². The van der Waals surface area contributed by atoms with Crippen LogP contribution in [0.4, 0.5) is 0 Å². The zero-order valence-corrected chi connectivity index (χ0v) is 20.6. The number of guanidine groups is 1. The SMILES string of the molecule is CCNC(=NCc1ccc(CN2CCOCC2)cc1)NCc1ccc(CC)s1.I. The summed E-state index contributed by atoms with van der Waals surface area (Å²) in [6.07, 6.45) is 1.10. The highest BCUT2D eigenvalue weighted by atomic mass is 127. The van der Waals surface area contributed by atoms with Gasteiger partial charge in [0.1, 0.15) is 0 Å². The van der Waals surface area contributed by atoms with Crippen molar-refractivity contribution in [3.63, 3.8) is 0 Å². The highest BCUT2D eigenvalue weighted by Crippen LogP contribution is 2.16. The summed E-state index contributed by atoms with van der Waals surface area (Å²) in [7, 11) is 0. The van der Waals surface area contributed by atoms with E-state index in [-0.39, 0.29) is 24.0 Å². The molecule has 7 heteroatoms. The number of hydrogen-bond donors (Lipinski definition) is 2. The fourth-order valence-electron chi connectivity index (χ4n) is 3.16. The largest absolute Gasteiger partial charge is 0.379 e. The molecular formula is C22H33IN4OS. The number of rotatable bonds is 8. The summed E-state index contributed by atoms with van der Waals surface area (Å²) in [5.74, 6) is 0.867. The minimum atomic E-state index is 0. The van der Waals surface area contributed by atoms with Gasteiger partial charge in [-0.05, 0) is 36.6 Å². The molecule has 0 atom stereocenters. The molecule has 2 heterocycles. The normalized spacial score (nSPS) is 15.0. The van der Waals surface area contributed by atoms with Gasteiger partial charge in [0.15, 0.2) is 5.96 Å². The average molecular weight is 529 g/mol. The van der Waals surface area contributed by atoms with Crippen molar-refractivity contribution in [2.24, 2.45) is 4.99 Å². The van der Waals surface area contributed by atoms with E-state index in [0.29, 0.717) is 6.54 Å². The summed E-state index contributed by atoms with van der Waals surface area (Å²) in [5.41, 5.74) is 2.58. The highest BCUT2D eigenvalue weighted by molar-refractivity contribution is 14.0. The summed E-state index contributed by atoms with van der Waals surface area (Å²) in [6.45, 7) is 11.4. The molecule has 0 radical (unpaired) electrons. The van der Waals surface area contributed by atoms with Crippen LogP contribution in [0.25, 0.3) is 0 Å². The third kappa shape index (κ3) is 8.24. The van der Waals surface area contributed by atoms with E-state index in [9.17, 15) is 0 Å². The lowest BCUT2D eigenvalue weighted by atomic mass is 10.1. The minimum absolute atomic E-state index is 0. The van der Waals surface area contributed by atoms with Crippen LogP contribution in [-0.4, -0.2) is 43.7 Å². The van der Waals surface area contributed by atoms with E-state index >= 15 is 0 Å². The Morgan fingerprint density at radius 1 is 1.00 bits per heavy atom. The monoisotopic (exact) mass is 528 g/mol. The Morgan fingerprint density at radius 2 is 1.69 bits per heavy atom. The predicted molar refractivity (Wildman–Crippen MR) is 133 cm³/mol. The molecule has 0 saturated carbocycles. The maximum atomic E-state index is 5.42. The number of aryl methyl sites for hydroxylation is 1. The van der Waals surface area contributed by atoms with E-state index in [1.807, 2.05) is 11.3 Å². The first-order chi connectivity index (χ1) is 13.8. The topological polar surface area (TPSA) is 48.9 Å². The van der Waals surface area contributed by atoms with Gasteiger partial charge >= 0.3 is 0 Å². The molecule has 3 rings (SSSR count). The molecule has 1 aromatic carbocycles. The second-order valence-corrected chi connectivity index (χ2v) is 8.23. The van der Waals surface area contributed by atoms with E-state index in [0.717, 1.165) is 58.3 Å². The van der Waals surface area contributed by atoms with Gasteiger partial charge in [-0.15, -0.1) is 35.3 Å². The summed E-state index contributed by atoms with van der Waals surface area (Å²) < 4.78 is 5.42. The summed E-state index contributed by atoms with van der Waals surface area (Å²) in [6, 6.07) is 13.2. The second-order valence-electron chi connectivity index (χ2n) is 6.98. The standard InChI is InChI=1S/C22H32N4OS.HI/c1-3-20-9-10-21(28-20)16-25-22(23-4-2)24-15-18-5-7-19(8-6-18)17-26-11-13-27-14-12-26;/h5-10H,3-4,11-17H2,1-2H3,(H2,23,24,25);1H. The van der Waals surface area contributed by atoms with Crippen molar-refractivity contribution in [1.82, 2.24) is 15.5 Å². The van der Waals surface area contributed by atoms with Crippen LogP contribution in [0.5, 0.6) is 0 Å². The summed E-state index contributed by atoms with van der Waals surface area (Å²) in [5, 5.41) is 6.78. The molecule has 29 heavy (non-hydrogen) atoms. The van der Waals surface area contributed by atoms with E-state index in [1.54, 1.807) is 0 Å². The molecule has 1 aliphatic heterocycles. The minimum Gasteiger partial charge on any atom is -0.379 e. The predicted octanol–water partition coefficient (Wildman–Crippen LogP) is 4.02. The number of nitrogens with zero attached hydrogens (tertiary/aromatic N) is 2. The van der Waals surface area contributed by atoms with Gasteiger partial charge in [0.25, 0.3) is 0 Å². The lowest BCUT2D eigenvalue weighted by Crippen LogP contribution is -2.36. The number of thiophene rings is 1. The smallest absolute Gasteiger partial charge is 0.191 e. The van der Waals surface area contributed by atoms with Crippen LogP contribution >= 0.6 is 35.3 Å². The molecule has 1 aliphatic rings. The van der Waals surface area contributed by atoms with Crippen molar-refractivity contribution in [3.05, 3.63) is 57.3 Å². The Morgan fingerprint density at radius 3 is 2.34 bits per heavy atom. The van der Waals surface area contributed by atoms with Crippen LogP contribution in [0.15, 0.2) is 41.4 Å². The third-order valence-corrected chi connectivity index (χ3v) is 6.02.